The maximum atomic E-state index is 14.5. The molecular weight excluding hydrogens is 1860 g/mol. The number of rotatable bonds is 8. The van der Waals surface area contributed by atoms with Crippen molar-refractivity contribution in [3.05, 3.63) is 116 Å². The second kappa shape index (κ2) is 36.5. The number of hydrogen-bond donors (Lipinski definition) is 2. The molecule has 0 spiro atoms. The molecule has 20 rings (SSSR count). The first-order valence-electron chi connectivity index (χ1n) is 59.5. The van der Waals surface area contributed by atoms with Gasteiger partial charge in [0.2, 0.25) is 0 Å². The molecule has 34 atom stereocenters. The molecule has 16 heteroatoms. The zero-order chi connectivity index (χ0) is 111. The van der Waals surface area contributed by atoms with E-state index >= 15 is 0 Å². The summed E-state index contributed by atoms with van der Waals surface area (Å²) in [6, 6.07) is 0. The van der Waals surface area contributed by atoms with Crippen molar-refractivity contribution in [3.8, 4) is 0 Å². The summed E-state index contributed by atoms with van der Waals surface area (Å²) < 4.78 is 21.8. The molecule has 0 radical (unpaired) electrons. The molecule has 0 aromatic carbocycles. The van der Waals surface area contributed by atoms with Crippen molar-refractivity contribution in [1.29, 1.82) is 0 Å². The number of hydrogen-bond acceptors (Lipinski definition) is 14. The predicted octanol–water partition coefficient (Wildman–Crippen LogP) is 30.2. The van der Waals surface area contributed by atoms with Crippen molar-refractivity contribution in [1.82, 2.24) is 0 Å². The Kier molecular flexibility index (Phi) is 27.8. The van der Waals surface area contributed by atoms with Crippen molar-refractivity contribution in [2.24, 2.45) is 225 Å². The molecule has 0 saturated heterocycles. The van der Waals surface area contributed by atoms with Gasteiger partial charge in [-0.2, -0.15) is 0 Å². The largest absolute Gasteiger partial charge is 0.469 e. The van der Waals surface area contributed by atoms with Gasteiger partial charge in [-0.1, -0.05) is 279 Å². The minimum absolute atomic E-state index is 0.00673. The Balaban J connectivity index is 0.000000136. The fraction of sp³-hybridized carbons (Fsp3) is 0.806. The van der Waals surface area contributed by atoms with Gasteiger partial charge in [-0.3, -0.25) is 38.4 Å². The normalized spacial score (nSPS) is 48.6. The van der Waals surface area contributed by atoms with Gasteiger partial charge in [-0.05, 0) is 369 Å². The summed E-state index contributed by atoms with van der Waals surface area (Å²) >= 11 is 0. The minimum atomic E-state index is -0.584. The topological polar surface area (TPSA) is 223 Å². The molecule has 0 aromatic heterocycles. The molecule has 0 aromatic rings. The van der Waals surface area contributed by atoms with Gasteiger partial charge >= 0.3 is 23.9 Å². The Labute approximate surface area is 905 Å². The number of aliphatic hydroxyl groups excluding tert-OH is 2. The third-order valence-electron chi connectivity index (χ3n) is 54.0. The Morgan fingerprint density at radius 2 is 0.527 bits per heavy atom. The lowest BCUT2D eigenvalue weighted by Crippen LogP contribution is -2.66. The molecule has 12 fully saturated rings. The van der Waals surface area contributed by atoms with E-state index < -0.39 is 32.5 Å². The molecule has 0 amide bonds. The molecule has 0 heterocycles. The fourth-order valence-corrected chi connectivity index (χ4v) is 43.1. The van der Waals surface area contributed by atoms with Gasteiger partial charge in [0.05, 0.1) is 63.2 Å². The first kappa shape index (κ1) is 114. The smallest absolute Gasteiger partial charge is 0.312 e. The van der Waals surface area contributed by atoms with E-state index in [4.69, 9.17) is 32.1 Å². The van der Waals surface area contributed by atoms with Crippen molar-refractivity contribution >= 4 is 47.0 Å². The van der Waals surface area contributed by atoms with Gasteiger partial charge in [0, 0.05) is 64.0 Å². The summed E-state index contributed by atoms with van der Waals surface area (Å²) in [4.78, 5) is 120. The number of nitrogens with zero attached hydrogens (tertiary/aromatic N) is 2. The molecule has 20 aliphatic carbocycles. The lowest BCUT2D eigenvalue weighted by Gasteiger charge is -2.69. The third-order valence-corrected chi connectivity index (χ3v) is 54.0. The summed E-state index contributed by atoms with van der Waals surface area (Å²) in [7, 11) is 6.06. The van der Waals surface area contributed by atoms with Gasteiger partial charge in [0.1, 0.15) is 0 Å². The third kappa shape index (κ3) is 15.3. The van der Waals surface area contributed by atoms with Crippen LogP contribution < -0.4 is 0 Å². The monoisotopic (exact) mass is 2060 g/mol. The minimum Gasteiger partial charge on any atom is -0.469 e. The van der Waals surface area contributed by atoms with Crippen LogP contribution in [0.1, 0.15) is 414 Å². The van der Waals surface area contributed by atoms with Crippen LogP contribution in [0.5, 0.6) is 0 Å². The Morgan fingerprint density at radius 3 is 0.780 bits per heavy atom. The van der Waals surface area contributed by atoms with Crippen molar-refractivity contribution in [2.45, 2.75) is 414 Å². The molecular formula is C134H198N2O14. The van der Waals surface area contributed by atoms with Crippen LogP contribution in [0, 0.1) is 238 Å². The van der Waals surface area contributed by atoms with Crippen LogP contribution in [-0.2, 0) is 57.3 Å². The van der Waals surface area contributed by atoms with Crippen molar-refractivity contribution in [3.63, 3.8) is 0 Å². The number of ketones is 4. The number of aliphatic hydroxyl groups is 2. The summed E-state index contributed by atoms with van der Waals surface area (Å²) in [6.07, 6.45) is 45.6. The standard InChI is InChI=1S/C34H52O4.C34H52O3.C33H47NO4.C33H47NO3/c1-10-22-18-30(5)25(31(6,20-35)21(22)2)11-12-32(7)26(30)17-24(36)27-23-19-29(3,4)13-15-34(23,28(37)38-9)16-14-33(27,32)8;1-11-22-19-31(7)25(30(5,6)21(22)2)12-13-32(8)26(31)18-24(35)27-23-20-29(3,4)14-16-34(23,28(36)37-10)17-15-33(27,32)9;1-20-22(34-8)18-29(4)24(30(20,5)19-35)10-11-31(6)25(29)16-23(36)26-21-17-28(2,3)12-14-33(21,27(37)38-9)15-13-32(26,31)7;1-20-22(34-9)19-30(6)24(29(20,4)5)11-12-31(7)25(30)17-23(35)26-21-18-28(2,3)13-15-33(21,27(36)37-10)16-14-32(26,31)8/h17-18,21,23,25,27,35H,10-16,19-20H2,1-9H3;18-19,21,23,25,27H,11-17,20H2,1-10H3;16,18,20-21,24,26,35H,10-15,17,19H2,1-7,9H3;17,19-21,24,26H,11-16,18H2,1-8,10H3/t21-,23-,25+,27-,30-,31+,32+,33+,34-;21-,23-,25-,27-,31-,32+,33+,34-;20-,21-,24+,26-,29-,30+,31+,32+,33-;20-,21-,24-,26-,30-,31+,32+,33-/m0000/s1. The van der Waals surface area contributed by atoms with E-state index in [1.807, 2.05) is 18.2 Å². The number of allylic oxidation sites excluding steroid dienone is 16. The summed E-state index contributed by atoms with van der Waals surface area (Å²) in [5.74, 6) is 2.27. The van der Waals surface area contributed by atoms with Crippen molar-refractivity contribution < 1.29 is 67.5 Å². The highest BCUT2D eigenvalue weighted by Gasteiger charge is 2.79. The number of methoxy groups -OCH3 is 4. The first-order chi connectivity index (χ1) is 69.3. The molecule has 20 aliphatic rings. The van der Waals surface area contributed by atoms with Crippen LogP contribution in [0.25, 0.3) is 9.69 Å². The molecule has 0 unspecified atom stereocenters. The van der Waals surface area contributed by atoms with E-state index in [-0.39, 0.29) is 223 Å². The number of ether oxygens (including phenoxy) is 4. The van der Waals surface area contributed by atoms with Gasteiger partial charge in [-0.15, -0.1) is 0 Å². The molecule has 12 saturated carbocycles. The van der Waals surface area contributed by atoms with E-state index in [1.54, 1.807) is 5.57 Å². The van der Waals surface area contributed by atoms with Gasteiger partial charge in [-0.25, -0.2) is 9.69 Å². The van der Waals surface area contributed by atoms with Crippen molar-refractivity contribution in [2.75, 3.05) is 41.7 Å². The quantitative estimate of drug-likeness (QED) is 0.0999. The molecule has 16 nitrogen and oxygen atoms in total. The Bertz CT molecular complexity index is 5910. The van der Waals surface area contributed by atoms with E-state index in [9.17, 15) is 48.6 Å². The number of fused-ring (bicyclic) bond motifs is 28. The zero-order valence-electron chi connectivity index (χ0n) is 100. The highest BCUT2D eigenvalue weighted by atomic mass is 16.5. The average Bonchev–Trinajstić information content (AvgIpc) is 0.671. The predicted molar refractivity (Wildman–Crippen MR) is 594 cm³/mol. The second-order valence-electron chi connectivity index (χ2n) is 62.1. The van der Waals surface area contributed by atoms with Crippen LogP contribution in [0.3, 0.4) is 0 Å². The van der Waals surface area contributed by atoms with Crippen LogP contribution >= 0.6 is 0 Å². The van der Waals surface area contributed by atoms with Gasteiger partial charge in [0.15, 0.2) is 34.5 Å². The fourth-order valence-electron chi connectivity index (χ4n) is 43.1. The zero-order valence-corrected chi connectivity index (χ0v) is 100. The van der Waals surface area contributed by atoms with E-state index in [2.05, 4.69) is 262 Å². The molecule has 150 heavy (non-hydrogen) atoms. The molecule has 828 valence electrons. The van der Waals surface area contributed by atoms with Crippen LogP contribution in [0.2, 0.25) is 0 Å². The number of esters is 4. The van der Waals surface area contributed by atoms with Gasteiger partial charge in [0.25, 0.3) is 0 Å². The Morgan fingerprint density at radius 1 is 0.307 bits per heavy atom. The summed E-state index contributed by atoms with van der Waals surface area (Å²) in [6.45, 7) is 90.5. The van der Waals surface area contributed by atoms with Crippen LogP contribution in [-0.4, -0.2) is 98.9 Å². The summed E-state index contributed by atoms with van der Waals surface area (Å²) in [5.41, 5.74) is 4.80. The first-order valence-corrected chi connectivity index (χ1v) is 59.5. The van der Waals surface area contributed by atoms with E-state index in [1.165, 1.54) is 57.2 Å². The van der Waals surface area contributed by atoms with Crippen LogP contribution in [0.4, 0.5) is 0 Å². The molecule has 0 aliphatic heterocycles. The second-order valence-corrected chi connectivity index (χ2v) is 62.1. The lowest BCUT2D eigenvalue weighted by atomic mass is 9.34. The van der Waals surface area contributed by atoms with Gasteiger partial charge < -0.3 is 29.2 Å². The lowest BCUT2D eigenvalue weighted by molar-refractivity contribution is -0.193. The SMILES string of the molecule is CCC1=C[C@]2(C)C3=CC(=O)[C@@H]4[C@@H]5CC(C)(C)CC[C@]5(C(=O)OC)CC[C@@]4(C)[C@]3(C)CC[C@H]2C(C)(C)[C@H]1C.CCC1=C[C@]2(C)C3=CC(=O)[C@@H]4[C@@H]5CC(C)(C)CC[C@]5(C(=O)OC)CC[C@@]4(C)[C@]3(C)CC[C@H]2[C@](C)(CO)[C@H]1C.[C-]#[N+]C1=C[C@]2(C)C3=CC(=O)[C@@H]4[C@@H]5CC(C)(C)CC[C@]5(C(=O)OC)CC[C@@]4(C)[C@]3(C)CC[C@H]2C(C)(C)[C@H]1C.[C-]#[N+]C1=C[C@]2(C)C3=CC(=O)[C@@H]4[C@@H]5CC(C)(C)CC[C@]5(C(=O)OC)CC[C@@]4(C)[C@]3(C)CC[C@H]2[C@](C)(CO)[C@H]1C. The Hall–Kier alpha value is -6.62. The van der Waals surface area contributed by atoms with E-state index in [0.29, 0.717) is 35.3 Å². The maximum Gasteiger partial charge on any atom is 0.312 e. The van der Waals surface area contributed by atoms with Crippen LogP contribution in [0.15, 0.2) is 93.4 Å². The summed E-state index contributed by atoms with van der Waals surface area (Å²) in [5, 5.41) is 21.4. The molecule has 0 bridgehead atoms. The highest BCUT2D eigenvalue weighted by molar-refractivity contribution is 5.99. The number of carbonyl (C=O) groups excluding carboxylic acids is 8. The average molecular weight is 2060 g/mol. The molecule has 2 N–H and O–H groups in total. The van der Waals surface area contributed by atoms with E-state index in [0.717, 1.165) is 197 Å². The highest BCUT2D eigenvalue weighted by Crippen LogP contribution is 2.83. The number of carbonyl (C=O) groups is 8. The maximum absolute atomic E-state index is 14.5.